The molecule has 0 aliphatic heterocycles. The predicted molar refractivity (Wildman–Crippen MR) is 79.6 cm³/mol. The standard InChI is InChI=1S/C15H20N4/c1-11-5-7-13(8-6-11)10-19(4)14-9-12(2)17-15(16-3)18-14/h5-9H,10H2,1-4H3,(H,16,17,18). The van der Waals surface area contributed by atoms with E-state index in [0.29, 0.717) is 5.95 Å². The molecule has 0 amide bonds. The average molecular weight is 256 g/mol. The van der Waals surface area contributed by atoms with Crippen LogP contribution in [0.3, 0.4) is 0 Å². The highest BCUT2D eigenvalue weighted by atomic mass is 15.2. The fourth-order valence-corrected chi connectivity index (χ4v) is 1.91. The number of rotatable bonds is 4. The summed E-state index contributed by atoms with van der Waals surface area (Å²) in [4.78, 5) is 10.9. The Hall–Kier alpha value is -2.10. The molecule has 19 heavy (non-hydrogen) atoms. The summed E-state index contributed by atoms with van der Waals surface area (Å²) in [5, 5.41) is 2.99. The van der Waals surface area contributed by atoms with E-state index < -0.39 is 0 Å². The van der Waals surface area contributed by atoms with Crippen LogP contribution in [-0.4, -0.2) is 24.1 Å². The van der Waals surface area contributed by atoms with Crippen molar-refractivity contribution in [3.8, 4) is 0 Å². The molecule has 0 atom stereocenters. The van der Waals surface area contributed by atoms with Crippen LogP contribution in [0.5, 0.6) is 0 Å². The normalized spacial score (nSPS) is 10.3. The van der Waals surface area contributed by atoms with Crippen molar-refractivity contribution in [3.05, 3.63) is 47.2 Å². The molecule has 1 aromatic carbocycles. The van der Waals surface area contributed by atoms with Gasteiger partial charge in [0, 0.05) is 32.4 Å². The smallest absolute Gasteiger partial charge is 0.224 e. The van der Waals surface area contributed by atoms with Gasteiger partial charge in [-0.2, -0.15) is 4.98 Å². The van der Waals surface area contributed by atoms with Gasteiger partial charge in [0.25, 0.3) is 0 Å². The Kier molecular flexibility index (Phi) is 4.00. The summed E-state index contributed by atoms with van der Waals surface area (Å²) in [6, 6.07) is 10.6. The maximum atomic E-state index is 4.47. The van der Waals surface area contributed by atoms with Gasteiger partial charge in [-0.15, -0.1) is 0 Å². The monoisotopic (exact) mass is 256 g/mol. The number of nitrogens with one attached hydrogen (secondary N) is 1. The highest BCUT2D eigenvalue weighted by molar-refractivity contribution is 5.44. The van der Waals surface area contributed by atoms with Gasteiger partial charge < -0.3 is 10.2 Å². The lowest BCUT2D eigenvalue weighted by atomic mass is 10.1. The predicted octanol–water partition coefficient (Wildman–Crippen LogP) is 2.77. The van der Waals surface area contributed by atoms with Gasteiger partial charge in [0.15, 0.2) is 0 Å². The minimum atomic E-state index is 0.658. The number of nitrogens with zero attached hydrogens (tertiary/aromatic N) is 3. The van der Waals surface area contributed by atoms with E-state index in [-0.39, 0.29) is 0 Å². The van der Waals surface area contributed by atoms with Crippen molar-refractivity contribution in [2.24, 2.45) is 0 Å². The molecule has 4 nitrogen and oxygen atoms in total. The average Bonchev–Trinajstić information content (AvgIpc) is 2.40. The first-order valence-corrected chi connectivity index (χ1v) is 6.38. The molecule has 0 saturated heterocycles. The largest absolute Gasteiger partial charge is 0.357 e. The van der Waals surface area contributed by atoms with Crippen LogP contribution < -0.4 is 10.2 Å². The van der Waals surface area contributed by atoms with Gasteiger partial charge in [-0.25, -0.2) is 4.98 Å². The molecular weight excluding hydrogens is 236 g/mol. The van der Waals surface area contributed by atoms with Crippen molar-refractivity contribution in [1.82, 2.24) is 9.97 Å². The van der Waals surface area contributed by atoms with Crippen LogP contribution in [0.1, 0.15) is 16.8 Å². The van der Waals surface area contributed by atoms with Crippen molar-refractivity contribution in [3.63, 3.8) is 0 Å². The maximum absolute atomic E-state index is 4.47. The molecule has 0 aliphatic carbocycles. The van der Waals surface area contributed by atoms with E-state index in [1.165, 1.54) is 11.1 Å². The molecule has 2 aromatic rings. The molecule has 0 bridgehead atoms. The number of hydrogen-bond donors (Lipinski definition) is 1. The molecular formula is C15H20N4. The first-order valence-electron chi connectivity index (χ1n) is 6.38. The van der Waals surface area contributed by atoms with E-state index in [2.05, 4.69) is 51.4 Å². The van der Waals surface area contributed by atoms with E-state index in [1.807, 2.05) is 27.1 Å². The number of aromatic nitrogens is 2. The van der Waals surface area contributed by atoms with Gasteiger partial charge in [0.05, 0.1) is 0 Å². The fraction of sp³-hybridized carbons (Fsp3) is 0.333. The van der Waals surface area contributed by atoms with Gasteiger partial charge in [-0.05, 0) is 19.4 Å². The molecule has 0 saturated carbocycles. The third kappa shape index (κ3) is 3.44. The van der Waals surface area contributed by atoms with Crippen LogP contribution in [-0.2, 0) is 6.54 Å². The second-order valence-electron chi connectivity index (χ2n) is 4.78. The molecule has 100 valence electrons. The molecule has 1 heterocycles. The first kappa shape index (κ1) is 13.3. The summed E-state index contributed by atoms with van der Waals surface area (Å²) in [6.45, 7) is 4.91. The maximum Gasteiger partial charge on any atom is 0.224 e. The van der Waals surface area contributed by atoms with Gasteiger partial charge in [-0.3, -0.25) is 0 Å². The number of benzene rings is 1. The highest BCUT2D eigenvalue weighted by Crippen LogP contribution is 2.16. The zero-order valence-electron chi connectivity index (χ0n) is 11.9. The Morgan fingerprint density at radius 2 is 1.79 bits per heavy atom. The highest BCUT2D eigenvalue weighted by Gasteiger charge is 2.06. The van der Waals surface area contributed by atoms with Crippen LogP contribution in [0, 0.1) is 13.8 Å². The Bertz CT molecular complexity index is 549. The van der Waals surface area contributed by atoms with Gasteiger partial charge in [0.2, 0.25) is 5.95 Å². The van der Waals surface area contributed by atoms with E-state index in [1.54, 1.807) is 0 Å². The summed E-state index contributed by atoms with van der Waals surface area (Å²) >= 11 is 0. The molecule has 0 unspecified atom stereocenters. The fourth-order valence-electron chi connectivity index (χ4n) is 1.91. The molecule has 1 aromatic heterocycles. The molecule has 1 N–H and O–H groups in total. The zero-order chi connectivity index (χ0) is 13.8. The van der Waals surface area contributed by atoms with Crippen LogP contribution in [0.4, 0.5) is 11.8 Å². The third-order valence-corrected chi connectivity index (χ3v) is 3.00. The minimum absolute atomic E-state index is 0.658. The minimum Gasteiger partial charge on any atom is -0.357 e. The SMILES string of the molecule is CNc1nc(C)cc(N(C)Cc2ccc(C)cc2)n1. The first-order chi connectivity index (χ1) is 9.08. The quantitative estimate of drug-likeness (QED) is 0.913. The number of hydrogen-bond acceptors (Lipinski definition) is 4. The molecule has 0 spiro atoms. The molecule has 4 heteroatoms. The summed E-state index contributed by atoms with van der Waals surface area (Å²) in [5.41, 5.74) is 3.52. The van der Waals surface area contributed by atoms with E-state index in [9.17, 15) is 0 Å². The summed E-state index contributed by atoms with van der Waals surface area (Å²) in [7, 11) is 3.87. The second kappa shape index (κ2) is 5.69. The molecule has 0 radical (unpaired) electrons. The zero-order valence-corrected chi connectivity index (χ0v) is 11.9. The molecule has 2 rings (SSSR count). The van der Waals surface area contributed by atoms with E-state index in [0.717, 1.165) is 18.1 Å². The van der Waals surface area contributed by atoms with Crippen LogP contribution in [0.15, 0.2) is 30.3 Å². The van der Waals surface area contributed by atoms with Gasteiger partial charge in [0.1, 0.15) is 5.82 Å². The summed E-state index contributed by atoms with van der Waals surface area (Å²) in [5.74, 6) is 1.59. The Morgan fingerprint density at radius 1 is 1.11 bits per heavy atom. The lowest BCUT2D eigenvalue weighted by Gasteiger charge is -2.19. The van der Waals surface area contributed by atoms with Crippen molar-refractivity contribution in [2.75, 3.05) is 24.3 Å². The number of anilines is 2. The summed E-state index contributed by atoms with van der Waals surface area (Å²) < 4.78 is 0. The number of aryl methyl sites for hydroxylation is 2. The van der Waals surface area contributed by atoms with Crippen molar-refractivity contribution >= 4 is 11.8 Å². The molecule has 0 aliphatic rings. The lowest BCUT2D eigenvalue weighted by Crippen LogP contribution is -2.18. The topological polar surface area (TPSA) is 41.1 Å². The lowest BCUT2D eigenvalue weighted by molar-refractivity contribution is 0.887. The second-order valence-corrected chi connectivity index (χ2v) is 4.78. The van der Waals surface area contributed by atoms with Crippen LogP contribution >= 0.6 is 0 Å². The summed E-state index contributed by atoms with van der Waals surface area (Å²) in [6.07, 6.45) is 0. The van der Waals surface area contributed by atoms with E-state index in [4.69, 9.17) is 0 Å². The van der Waals surface area contributed by atoms with Crippen molar-refractivity contribution < 1.29 is 0 Å². The Morgan fingerprint density at radius 3 is 2.42 bits per heavy atom. The van der Waals surface area contributed by atoms with Crippen LogP contribution in [0.25, 0.3) is 0 Å². The van der Waals surface area contributed by atoms with Crippen LogP contribution in [0.2, 0.25) is 0 Å². The van der Waals surface area contributed by atoms with E-state index >= 15 is 0 Å². The Balaban J connectivity index is 2.17. The van der Waals surface area contributed by atoms with Gasteiger partial charge in [-0.1, -0.05) is 29.8 Å². The van der Waals surface area contributed by atoms with Crippen molar-refractivity contribution in [2.45, 2.75) is 20.4 Å². The Labute approximate surface area is 114 Å². The van der Waals surface area contributed by atoms with Gasteiger partial charge >= 0.3 is 0 Å². The third-order valence-electron chi connectivity index (χ3n) is 3.00. The van der Waals surface area contributed by atoms with Crippen molar-refractivity contribution in [1.29, 1.82) is 0 Å². The molecule has 0 fully saturated rings.